The van der Waals surface area contributed by atoms with Crippen LogP contribution in [0, 0.1) is 0 Å². The molecule has 1 aliphatic rings. The number of aliphatic carboxylic acids is 2. The van der Waals surface area contributed by atoms with Gasteiger partial charge in [-0.15, -0.1) is 11.3 Å². The van der Waals surface area contributed by atoms with Crippen molar-refractivity contribution in [2.24, 2.45) is 0 Å². The van der Waals surface area contributed by atoms with Crippen LogP contribution in [-0.2, 0) is 26.5 Å². The van der Waals surface area contributed by atoms with E-state index >= 15 is 0 Å². The number of carboxylic acid groups (broad SMARTS) is 2. The second-order valence-corrected chi connectivity index (χ2v) is 9.45. The van der Waals surface area contributed by atoms with Gasteiger partial charge in [0.15, 0.2) is 0 Å². The number of benzene rings is 2. The van der Waals surface area contributed by atoms with Crippen LogP contribution in [0.2, 0.25) is 0 Å². The first-order valence-electron chi connectivity index (χ1n) is 12.0. The molecular weight excluding hydrogens is 490 g/mol. The van der Waals surface area contributed by atoms with Gasteiger partial charge >= 0.3 is 11.9 Å². The quantitative estimate of drug-likeness (QED) is 0.410. The third-order valence-electron chi connectivity index (χ3n) is 6.13. The van der Waals surface area contributed by atoms with Crippen LogP contribution < -0.4 is 4.90 Å². The fourth-order valence-electron chi connectivity index (χ4n) is 4.42. The smallest absolute Gasteiger partial charge is 0.328 e. The molecule has 0 radical (unpaired) electrons. The molecule has 0 saturated carbocycles. The molecule has 1 aliphatic heterocycles. The van der Waals surface area contributed by atoms with Crippen LogP contribution in [0.5, 0.6) is 0 Å². The predicted octanol–water partition coefficient (Wildman–Crippen LogP) is 4.79. The number of carbonyl (C=O) groups excluding carboxylic acids is 1. The predicted molar refractivity (Wildman–Crippen MR) is 143 cm³/mol. The van der Waals surface area contributed by atoms with E-state index in [0.29, 0.717) is 18.6 Å². The summed E-state index contributed by atoms with van der Waals surface area (Å²) in [6.07, 6.45) is 5.22. The highest BCUT2D eigenvalue weighted by Crippen LogP contribution is 2.43. The molecule has 9 heteroatoms. The van der Waals surface area contributed by atoms with Crippen LogP contribution >= 0.6 is 11.3 Å². The molecule has 0 spiro atoms. The van der Waals surface area contributed by atoms with Gasteiger partial charge in [0, 0.05) is 55.5 Å². The topological polar surface area (TPSA) is 111 Å². The molecule has 8 nitrogen and oxygen atoms in total. The van der Waals surface area contributed by atoms with Gasteiger partial charge in [0.05, 0.1) is 0 Å². The van der Waals surface area contributed by atoms with Crippen molar-refractivity contribution in [2.75, 3.05) is 18.0 Å². The number of aromatic nitrogens is 1. The Balaban J connectivity index is 0.000000414. The van der Waals surface area contributed by atoms with Crippen molar-refractivity contribution in [3.05, 3.63) is 95.0 Å². The maximum atomic E-state index is 13.2. The Labute approximate surface area is 220 Å². The Bertz CT molecular complexity index is 1160. The standard InChI is InChI=1S/C24H27N3OS.C4H4O4/c1-2-22(28)27(21-11-7-4-8-12-21)24(23-25-15-18-29-23)13-16-26(17-14-24)19-20-9-5-3-6-10-20;5-3(6)1-2-4(7)8/h3-12,15,18H,2,13-14,16-17,19H2,1H3;1-2H,(H,5,6)(H,7,8). The van der Waals surface area contributed by atoms with Crippen molar-refractivity contribution in [1.82, 2.24) is 9.88 Å². The summed E-state index contributed by atoms with van der Waals surface area (Å²) < 4.78 is 0. The molecule has 0 unspecified atom stereocenters. The van der Waals surface area contributed by atoms with E-state index in [0.717, 1.165) is 43.2 Å². The summed E-state index contributed by atoms with van der Waals surface area (Å²) in [6.45, 7) is 4.77. The number of anilines is 1. The molecule has 3 aromatic rings. The number of thiazole rings is 1. The minimum absolute atomic E-state index is 0.155. The summed E-state index contributed by atoms with van der Waals surface area (Å²) in [5.74, 6) is -2.36. The van der Waals surface area contributed by atoms with Gasteiger partial charge in [-0.3, -0.25) is 14.6 Å². The molecule has 1 fully saturated rings. The second kappa shape index (κ2) is 13.5. The van der Waals surface area contributed by atoms with Crippen LogP contribution in [-0.4, -0.2) is 51.0 Å². The third kappa shape index (κ3) is 7.58. The molecule has 1 amide bonds. The highest BCUT2D eigenvalue weighted by atomic mass is 32.1. The maximum Gasteiger partial charge on any atom is 0.328 e. The minimum atomic E-state index is -1.26. The number of hydrogen-bond donors (Lipinski definition) is 2. The number of para-hydroxylation sites is 1. The van der Waals surface area contributed by atoms with Crippen molar-refractivity contribution in [3.63, 3.8) is 0 Å². The molecule has 0 atom stereocenters. The zero-order chi connectivity index (χ0) is 26.7. The summed E-state index contributed by atoms with van der Waals surface area (Å²) in [7, 11) is 0. The zero-order valence-corrected chi connectivity index (χ0v) is 21.5. The lowest BCUT2D eigenvalue weighted by atomic mass is 9.84. The van der Waals surface area contributed by atoms with Crippen molar-refractivity contribution in [2.45, 2.75) is 38.3 Å². The number of amides is 1. The van der Waals surface area contributed by atoms with E-state index in [-0.39, 0.29) is 11.4 Å². The fraction of sp³-hybridized carbons (Fsp3) is 0.286. The van der Waals surface area contributed by atoms with Gasteiger partial charge in [-0.05, 0) is 30.5 Å². The van der Waals surface area contributed by atoms with Crippen molar-refractivity contribution < 1.29 is 24.6 Å². The Morgan fingerprint density at radius 3 is 2.03 bits per heavy atom. The van der Waals surface area contributed by atoms with Crippen LogP contribution in [0.4, 0.5) is 5.69 Å². The van der Waals surface area contributed by atoms with Crippen molar-refractivity contribution >= 4 is 34.9 Å². The Kier molecular flexibility index (Phi) is 10.1. The fourth-order valence-corrected chi connectivity index (χ4v) is 5.30. The van der Waals surface area contributed by atoms with Crippen LogP contribution in [0.3, 0.4) is 0 Å². The lowest BCUT2D eigenvalue weighted by molar-refractivity contribution is -0.134. The molecule has 1 aromatic heterocycles. The Morgan fingerprint density at radius 1 is 0.973 bits per heavy atom. The van der Waals surface area contributed by atoms with E-state index < -0.39 is 11.9 Å². The SMILES string of the molecule is CCC(=O)N(c1ccccc1)C1(c2nccs2)CCN(Cc2ccccc2)CC1.O=C(O)C=CC(=O)O. The van der Waals surface area contributed by atoms with Crippen LogP contribution in [0.25, 0.3) is 0 Å². The summed E-state index contributed by atoms with van der Waals surface area (Å²) in [5, 5.41) is 18.7. The van der Waals surface area contributed by atoms with E-state index in [1.54, 1.807) is 11.3 Å². The van der Waals surface area contributed by atoms with Crippen molar-refractivity contribution in [1.29, 1.82) is 0 Å². The number of nitrogens with zero attached hydrogens (tertiary/aromatic N) is 3. The van der Waals surface area contributed by atoms with E-state index in [4.69, 9.17) is 15.2 Å². The van der Waals surface area contributed by atoms with Crippen LogP contribution in [0.1, 0.15) is 36.8 Å². The molecule has 0 aliphatic carbocycles. The first kappa shape index (κ1) is 27.8. The average Bonchev–Trinajstić information content (AvgIpc) is 3.46. The first-order chi connectivity index (χ1) is 17.9. The molecule has 1 saturated heterocycles. The molecule has 194 valence electrons. The maximum absolute atomic E-state index is 13.2. The second-order valence-electron chi connectivity index (χ2n) is 8.56. The minimum Gasteiger partial charge on any atom is -0.478 e. The number of rotatable bonds is 8. The third-order valence-corrected chi connectivity index (χ3v) is 7.09. The van der Waals surface area contributed by atoms with Gasteiger partial charge in [-0.25, -0.2) is 14.6 Å². The van der Waals surface area contributed by atoms with E-state index in [1.807, 2.05) is 53.7 Å². The molecule has 2 heterocycles. The largest absolute Gasteiger partial charge is 0.478 e. The highest BCUT2D eigenvalue weighted by Gasteiger charge is 2.46. The molecule has 2 aromatic carbocycles. The Morgan fingerprint density at radius 2 is 1.54 bits per heavy atom. The summed E-state index contributed by atoms with van der Waals surface area (Å²) in [5.41, 5.74) is 1.92. The summed E-state index contributed by atoms with van der Waals surface area (Å²) in [6, 6.07) is 20.7. The van der Waals surface area contributed by atoms with Gasteiger partial charge in [0.25, 0.3) is 0 Å². The molecule has 2 N–H and O–H groups in total. The van der Waals surface area contributed by atoms with E-state index in [2.05, 4.69) is 35.2 Å². The molecule has 37 heavy (non-hydrogen) atoms. The number of hydrogen-bond acceptors (Lipinski definition) is 6. The van der Waals surface area contributed by atoms with Gasteiger partial charge in [0.1, 0.15) is 10.5 Å². The molecular formula is C28H31N3O5S. The number of likely N-dealkylation sites (tertiary alicyclic amines) is 1. The lowest BCUT2D eigenvalue weighted by Crippen LogP contribution is -2.55. The Hall–Kier alpha value is -3.82. The molecule has 4 rings (SSSR count). The zero-order valence-electron chi connectivity index (χ0n) is 20.7. The first-order valence-corrected chi connectivity index (χ1v) is 12.9. The normalized spacial score (nSPS) is 14.9. The molecule has 0 bridgehead atoms. The lowest BCUT2D eigenvalue weighted by Gasteiger charge is -2.47. The highest BCUT2D eigenvalue weighted by molar-refractivity contribution is 7.09. The summed E-state index contributed by atoms with van der Waals surface area (Å²) >= 11 is 1.66. The van der Waals surface area contributed by atoms with Crippen molar-refractivity contribution in [3.8, 4) is 0 Å². The average molecular weight is 522 g/mol. The monoisotopic (exact) mass is 521 g/mol. The van der Waals surface area contributed by atoms with Gasteiger partial charge in [0.2, 0.25) is 5.91 Å². The van der Waals surface area contributed by atoms with E-state index in [1.165, 1.54) is 5.56 Å². The van der Waals surface area contributed by atoms with Gasteiger partial charge in [-0.2, -0.15) is 0 Å². The van der Waals surface area contributed by atoms with E-state index in [9.17, 15) is 14.4 Å². The van der Waals surface area contributed by atoms with Gasteiger partial charge < -0.3 is 10.2 Å². The number of carbonyl (C=O) groups is 3. The van der Waals surface area contributed by atoms with Gasteiger partial charge in [-0.1, -0.05) is 55.5 Å². The summed E-state index contributed by atoms with van der Waals surface area (Å²) in [4.78, 5) is 41.5. The number of piperidine rings is 1. The van der Waals surface area contributed by atoms with Crippen LogP contribution in [0.15, 0.2) is 84.4 Å². The number of carboxylic acids is 2.